The summed E-state index contributed by atoms with van der Waals surface area (Å²) in [5.74, 6) is 0.583. The molecule has 0 radical (unpaired) electrons. The van der Waals surface area contributed by atoms with Gasteiger partial charge in [0.2, 0.25) is 11.8 Å². The number of rotatable bonds is 6. The fourth-order valence-electron chi connectivity index (χ4n) is 4.67. The van der Waals surface area contributed by atoms with E-state index < -0.39 is 6.10 Å². The number of aliphatic hydroxyl groups is 1. The second kappa shape index (κ2) is 9.52. The molecule has 2 fully saturated rings. The molecule has 170 valence electrons. The Morgan fingerprint density at radius 1 is 1.26 bits per heavy atom. The van der Waals surface area contributed by atoms with Crippen molar-refractivity contribution < 1.29 is 28.9 Å². The maximum Gasteiger partial charge on any atom is 0.250 e. The van der Waals surface area contributed by atoms with Crippen molar-refractivity contribution in [3.8, 4) is 5.75 Å². The molecule has 0 aliphatic carbocycles. The van der Waals surface area contributed by atoms with Crippen molar-refractivity contribution in [3.63, 3.8) is 0 Å². The molecule has 4 atom stereocenters. The molecule has 4 rings (SSSR count). The van der Waals surface area contributed by atoms with Crippen molar-refractivity contribution in [3.05, 3.63) is 23.8 Å². The number of nitrogens with zero attached hydrogens (tertiary/aromatic N) is 2. The SMILES string of the molecule is COCC(=O)Nc1ccc2c(c1)[C@H]1C[C@@H](CC(=O)N3CCN(C)CC3)O[C@@H](CO)[C@H]1O2. The first kappa shape index (κ1) is 22.0. The number of hydrogen-bond acceptors (Lipinski definition) is 7. The second-order valence-electron chi connectivity index (χ2n) is 8.53. The highest BCUT2D eigenvalue weighted by atomic mass is 16.6. The van der Waals surface area contributed by atoms with Crippen LogP contribution in [0, 0.1) is 0 Å². The number of nitrogens with one attached hydrogen (secondary N) is 1. The summed E-state index contributed by atoms with van der Waals surface area (Å²) in [6.07, 6.45) is -0.165. The van der Waals surface area contributed by atoms with Crippen molar-refractivity contribution >= 4 is 17.5 Å². The first-order valence-corrected chi connectivity index (χ1v) is 10.8. The lowest BCUT2D eigenvalue weighted by atomic mass is 9.84. The highest BCUT2D eigenvalue weighted by Crippen LogP contribution is 2.47. The molecular formula is C22H31N3O6. The van der Waals surface area contributed by atoms with Crippen LogP contribution in [0.2, 0.25) is 0 Å². The molecule has 0 spiro atoms. The van der Waals surface area contributed by atoms with Gasteiger partial charge in [-0.15, -0.1) is 0 Å². The third kappa shape index (κ3) is 4.85. The summed E-state index contributed by atoms with van der Waals surface area (Å²) in [6, 6.07) is 5.52. The summed E-state index contributed by atoms with van der Waals surface area (Å²) in [5.41, 5.74) is 1.64. The van der Waals surface area contributed by atoms with Crippen molar-refractivity contribution in [1.29, 1.82) is 0 Å². The van der Waals surface area contributed by atoms with Gasteiger partial charge in [0.1, 0.15) is 24.6 Å². The summed E-state index contributed by atoms with van der Waals surface area (Å²) < 4.78 is 17.0. The molecule has 9 nitrogen and oxygen atoms in total. The quantitative estimate of drug-likeness (QED) is 0.671. The first-order valence-electron chi connectivity index (χ1n) is 10.8. The lowest BCUT2D eigenvalue weighted by Crippen LogP contribution is -2.50. The first-order chi connectivity index (χ1) is 15.0. The van der Waals surface area contributed by atoms with Gasteiger partial charge in [0, 0.05) is 50.5 Å². The maximum absolute atomic E-state index is 12.8. The summed E-state index contributed by atoms with van der Waals surface area (Å²) in [6.45, 7) is 3.02. The molecule has 0 aromatic heterocycles. The smallest absolute Gasteiger partial charge is 0.250 e. The van der Waals surface area contributed by atoms with Crippen LogP contribution in [0.1, 0.15) is 24.3 Å². The van der Waals surface area contributed by atoms with Crippen molar-refractivity contribution in [2.24, 2.45) is 0 Å². The number of aliphatic hydroxyl groups excluding tert-OH is 1. The highest BCUT2D eigenvalue weighted by Gasteiger charge is 2.46. The van der Waals surface area contributed by atoms with E-state index >= 15 is 0 Å². The van der Waals surface area contributed by atoms with Gasteiger partial charge in [-0.25, -0.2) is 0 Å². The van der Waals surface area contributed by atoms with Crippen LogP contribution in [-0.2, 0) is 19.1 Å². The van der Waals surface area contributed by atoms with Crippen LogP contribution in [0.5, 0.6) is 5.75 Å². The van der Waals surface area contributed by atoms with Gasteiger partial charge in [-0.2, -0.15) is 0 Å². The summed E-state index contributed by atoms with van der Waals surface area (Å²) in [4.78, 5) is 28.8. The lowest BCUT2D eigenvalue weighted by molar-refractivity contribution is -0.150. The van der Waals surface area contributed by atoms with Crippen LogP contribution >= 0.6 is 0 Å². The normalized spacial score (nSPS) is 27.9. The Morgan fingerprint density at radius 3 is 2.74 bits per heavy atom. The molecule has 31 heavy (non-hydrogen) atoms. The standard InChI is InChI=1S/C22H31N3O6/c1-24-5-7-25(8-6-24)21(28)11-15-10-17-16-9-14(23-20(27)13-29-2)3-4-18(16)31-22(17)19(12-26)30-15/h3-4,9,15,17,19,22,26H,5-8,10-13H2,1-2H3,(H,23,27)/t15-,17+,19-,22-/m0/s1. The zero-order valence-electron chi connectivity index (χ0n) is 18.1. The molecule has 2 amide bonds. The number of carbonyl (C=O) groups is 2. The number of carbonyl (C=O) groups excluding carboxylic acids is 2. The van der Waals surface area contributed by atoms with Gasteiger partial charge < -0.3 is 34.4 Å². The van der Waals surface area contributed by atoms with E-state index in [9.17, 15) is 14.7 Å². The van der Waals surface area contributed by atoms with Gasteiger partial charge in [-0.05, 0) is 31.7 Å². The third-order valence-corrected chi connectivity index (χ3v) is 6.32. The number of piperazine rings is 1. The topological polar surface area (TPSA) is 101 Å². The minimum absolute atomic E-state index is 0.00883. The van der Waals surface area contributed by atoms with Gasteiger partial charge in [0.15, 0.2) is 0 Å². The Labute approximate surface area is 182 Å². The molecule has 3 heterocycles. The van der Waals surface area contributed by atoms with Gasteiger partial charge in [0.25, 0.3) is 0 Å². The Hall–Kier alpha value is -2.20. The molecule has 1 aromatic carbocycles. The number of benzene rings is 1. The number of amides is 2. The van der Waals surface area contributed by atoms with E-state index in [-0.39, 0.29) is 43.2 Å². The Kier molecular flexibility index (Phi) is 6.76. The summed E-state index contributed by atoms with van der Waals surface area (Å²) >= 11 is 0. The molecule has 0 bridgehead atoms. The Balaban J connectivity index is 1.46. The number of likely N-dealkylation sites (N-methyl/N-ethyl adjacent to an activating group) is 1. The van der Waals surface area contributed by atoms with Crippen LogP contribution in [0.4, 0.5) is 5.69 Å². The Bertz CT molecular complexity index is 810. The average Bonchev–Trinajstić information content (AvgIpc) is 3.12. The van der Waals surface area contributed by atoms with E-state index in [2.05, 4.69) is 17.3 Å². The van der Waals surface area contributed by atoms with Gasteiger partial charge in [0.05, 0.1) is 19.1 Å². The zero-order chi connectivity index (χ0) is 22.0. The molecular weight excluding hydrogens is 402 g/mol. The van der Waals surface area contributed by atoms with Gasteiger partial charge >= 0.3 is 0 Å². The number of anilines is 1. The zero-order valence-corrected chi connectivity index (χ0v) is 18.1. The summed E-state index contributed by atoms with van der Waals surface area (Å²) in [5, 5.41) is 12.7. The molecule has 0 unspecified atom stereocenters. The average molecular weight is 434 g/mol. The minimum Gasteiger partial charge on any atom is -0.487 e. The van der Waals surface area contributed by atoms with E-state index in [0.29, 0.717) is 18.5 Å². The molecule has 2 N–H and O–H groups in total. The number of fused-ring (bicyclic) bond motifs is 3. The van der Waals surface area contributed by atoms with E-state index in [1.165, 1.54) is 7.11 Å². The van der Waals surface area contributed by atoms with E-state index in [4.69, 9.17) is 14.2 Å². The monoisotopic (exact) mass is 433 g/mol. The van der Waals surface area contributed by atoms with Crippen LogP contribution in [-0.4, -0.2) is 98.6 Å². The molecule has 2 saturated heterocycles. The predicted octanol–water partition coefficient (Wildman–Crippen LogP) is 0.430. The fraction of sp³-hybridized carbons (Fsp3) is 0.636. The van der Waals surface area contributed by atoms with Crippen molar-refractivity contribution in [2.75, 3.05) is 58.9 Å². The van der Waals surface area contributed by atoms with Crippen LogP contribution in [0.15, 0.2) is 18.2 Å². The Morgan fingerprint density at radius 2 is 2.03 bits per heavy atom. The largest absolute Gasteiger partial charge is 0.487 e. The molecule has 0 saturated carbocycles. The molecule has 1 aromatic rings. The minimum atomic E-state index is -0.497. The van der Waals surface area contributed by atoms with E-state index in [1.807, 2.05) is 17.0 Å². The highest BCUT2D eigenvalue weighted by molar-refractivity contribution is 5.92. The molecule has 3 aliphatic rings. The van der Waals surface area contributed by atoms with Crippen molar-refractivity contribution in [1.82, 2.24) is 9.80 Å². The number of ether oxygens (including phenoxy) is 3. The molecule has 9 heteroatoms. The number of methoxy groups -OCH3 is 1. The fourth-order valence-corrected chi connectivity index (χ4v) is 4.67. The van der Waals surface area contributed by atoms with E-state index in [1.54, 1.807) is 6.07 Å². The maximum atomic E-state index is 12.8. The van der Waals surface area contributed by atoms with E-state index in [0.717, 1.165) is 37.5 Å². The van der Waals surface area contributed by atoms with Crippen molar-refractivity contribution in [2.45, 2.75) is 37.1 Å². The van der Waals surface area contributed by atoms with Gasteiger partial charge in [-0.3, -0.25) is 9.59 Å². The van der Waals surface area contributed by atoms with Crippen LogP contribution in [0.25, 0.3) is 0 Å². The summed E-state index contributed by atoms with van der Waals surface area (Å²) in [7, 11) is 3.53. The third-order valence-electron chi connectivity index (χ3n) is 6.32. The second-order valence-corrected chi connectivity index (χ2v) is 8.53. The van der Waals surface area contributed by atoms with Gasteiger partial charge in [-0.1, -0.05) is 0 Å². The van der Waals surface area contributed by atoms with Crippen LogP contribution in [0.3, 0.4) is 0 Å². The number of hydrogen-bond donors (Lipinski definition) is 2. The predicted molar refractivity (Wildman–Crippen MR) is 113 cm³/mol. The van der Waals surface area contributed by atoms with Crippen LogP contribution < -0.4 is 10.1 Å². The molecule has 3 aliphatic heterocycles. The lowest BCUT2D eigenvalue weighted by Gasteiger charge is -2.38.